The van der Waals surface area contributed by atoms with E-state index in [1.807, 2.05) is 28.6 Å². The zero-order valence-corrected chi connectivity index (χ0v) is 28.3. The second-order valence-electron chi connectivity index (χ2n) is 15.9. The molecule has 0 aromatic heterocycles. The lowest BCUT2D eigenvalue weighted by Crippen LogP contribution is -2.44. The van der Waals surface area contributed by atoms with Crippen LogP contribution in [0, 0.1) is 39.4 Å². The molecule has 2 aliphatic rings. The van der Waals surface area contributed by atoms with Gasteiger partial charge in [0, 0.05) is 17.9 Å². The van der Waals surface area contributed by atoms with E-state index >= 15 is 0 Å². The van der Waals surface area contributed by atoms with Crippen LogP contribution in [0.3, 0.4) is 0 Å². The molecule has 9 atom stereocenters. The van der Waals surface area contributed by atoms with Gasteiger partial charge in [0.2, 0.25) is 10.0 Å². The summed E-state index contributed by atoms with van der Waals surface area (Å²) in [6.45, 7) is 25.5. The van der Waals surface area contributed by atoms with E-state index in [0.717, 1.165) is 6.26 Å². The first-order valence-corrected chi connectivity index (χ1v) is 17.3. The smallest absolute Gasteiger partial charge is 0.381 e. The van der Waals surface area contributed by atoms with E-state index in [-0.39, 0.29) is 64.1 Å². The Morgan fingerprint density at radius 3 is 1.61 bits per heavy atom. The molecule has 2 unspecified atom stereocenters. The minimum Gasteiger partial charge on any atom is -0.381 e. The highest BCUT2D eigenvalue weighted by molar-refractivity contribution is 7.94. The van der Waals surface area contributed by atoms with Crippen LogP contribution >= 0.6 is 7.75 Å². The SMILES string of the molecule is B[C@@H]1O[C@H](C(C)(C)C)C(O[P@](=O)(NS(C)(=O)=O)OC[C@H]2O[C@@H](B)[C@@H](C(C)(C)C)C2C(C)(C)C)[C@@H]1C(C)(C)C. The first-order chi connectivity index (χ1) is 16.7. The van der Waals surface area contributed by atoms with Crippen molar-refractivity contribution in [1.29, 1.82) is 0 Å². The molecule has 12 heteroatoms. The van der Waals surface area contributed by atoms with Gasteiger partial charge in [0.1, 0.15) is 21.8 Å². The van der Waals surface area contributed by atoms with Crippen molar-refractivity contribution in [3.05, 3.63) is 0 Å². The van der Waals surface area contributed by atoms with Gasteiger partial charge in [0.05, 0.1) is 25.1 Å². The molecule has 8 nitrogen and oxygen atoms in total. The minimum atomic E-state index is -4.34. The summed E-state index contributed by atoms with van der Waals surface area (Å²) in [6, 6.07) is -0.205. The van der Waals surface area contributed by atoms with E-state index in [1.54, 1.807) is 0 Å². The van der Waals surface area contributed by atoms with Gasteiger partial charge in [0.25, 0.3) is 0 Å². The predicted octanol–water partition coefficient (Wildman–Crippen LogP) is 3.79. The van der Waals surface area contributed by atoms with Crippen molar-refractivity contribution in [2.24, 2.45) is 39.4 Å². The summed E-state index contributed by atoms with van der Waals surface area (Å²) in [7, 11) is -4.20. The van der Waals surface area contributed by atoms with Crippen molar-refractivity contribution in [3.63, 3.8) is 0 Å². The van der Waals surface area contributed by atoms with Gasteiger partial charge in [-0.25, -0.2) is 13.0 Å². The molecule has 0 aromatic rings. The van der Waals surface area contributed by atoms with E-state index in [4.69, 9.17) is 18.5 Å². The molecule has 0 radical (unpaired) electrons. The molecule has 2 rings (SSSR count). The van der Waals surface area contributed by atoms with Crippen LogP contribution in [-0.4, -0.2) is 67.3 Å². The van der Waals surface area contributed by atoms with Gasteiger partial charge in [-0.1, -0.05) is 83.1 Å². The fourth-order valence-electron chi connectivity index (χ4n) is 6.93. The van der Waals surface area contributed by atoms with Crippen LogP contribution in [0.5, 0.6) is 0 Å². The van der Waals surface area contributed by atoms with Crippen LogP contribution in [-0.2, 0) is 33.1 Å². The zero-order chi connectivity index (χ0) is 29.9. The molecule has 0 amide bonds. The first kappa shape index (κ1) is 34.3. The largest absolute Gasteiger partial charge is 0.419 e. The molecule has 0 spiro atoms. The van der Waals surface area contributed by atoms with E-state index in [1.165, 1.54) is 0 Å². The molecule has 2 aliphatic heterocycles. The average Bonchev–Trinajstić information content (AvgIpc) is 3.14. The second kappa shape index (κ2) is 11.1. The highest BCUT2D eigenvalue weighted by Gasteiger charge is 2.56. The third-order valence-electron chi connectivity index (χ3n) is 8.00. The monoisotopic (exact) mass is 577 g/mol. The maximum absolute atomic E-state index is 14.3. The third-order valence-corrected chi connectivity index (χ3v) is 11.2. The fourth-order valence-corrected chi connectivity index (χ4v) is 9.90. The highest BCUT2D eigenvalue weighted by Crippen LogP contribution is 2.56. The van der Waals surface area contributed by atoms with Crippen molar-refractivity contribution in [3.8, 4) is 0 Å². The third kappa shape index (κ3) is 8.33. The lowest BCUT2D eigenvalue weighted by atomic mass is 9.59. The molecular formula is C26H54B2NO7PS. The van der Waals surface area contributed by atoms with Crippen molar-refractivity contribution in [2.45, 2.75) is 113 Å². The van der Waals surface area contributed by atoms with Gasteiger partial charge in [-0.05, 0) is 33.5 Å². The van der Waals surface area contributed by atoms with Crippen LogP contribution in [0.1, 0.15) is 83.1 Å². The summed E-state index contributed by atoms with van der Waals surface area (Å²) in [5.74, 6) is 0.197. The van der Waals surface area contributed by atoms with Gasteiger partial charge in [-0.3, -0.25) is 9.05 Å². The number of ether oxygens (including phenoxy) is 2. The molecule has 0 aliphatic carbocycles. The van der Waals surface area contributed by atoms with Crippen LogP contribution in [0.4, 0.5) is 0 Å². The van der Waals surface area contributed by atoms with Crippen LogP contribution in [0.25, 0.3) is 0 Å². The lowest BCUT2D eigenvalue weighted by molar-refractivity contribution is -0.0385. The van der Waals surface area contributed by atoms with Gasteiger partial charge in [-0.15, -0.1) is 4.49 Å². The standard InChI is InChI=1S/C26H54B2NO7PS/c1-23(2,3)16-15(34-21(27)17(16)24(4,5)6)14-33-37(30,29-38(13,31)32)36-19-18(25(7,8)9)22(28)35-20(19)26(10,11)12/h15-22H,14,27-28H2,1-13H3,(H,29,30)/t15-,16?,17+,18+,19?,20+,21-,22-,37+/m1/s1. The number of nitrogens with one attached hydrogen (secondary N) is 1. The molecule has 1 N–H and O–H groups in total. The van der Waals surface area contributed by atoms with Crippen molar-refractivity contribution < 1.29 is 31.5 Å². The average molecular weight is 577 g/mol. The maximum atomic E-state index is 14.3. The zero-order valence-electron chi connectivity index (χ0n) is 26.5. The molecule has 2 heterocycles. The normalized spacial score (nSPS) is 35.4. The Morgan fingerprint density at radius 1 is 0.763 bits per heavy atom. The summed E-state index contributed by atoms with van der Waals surface area (Å²) in [4.78, 5) is 0. The van der Waals surface area contributed by atoms with Gasteiger partial charge >= 0.3 is 7.75 Å². The lowest BCUT2D eigenvalue weighted by Gasteiger charge is -2.42. The molecule has 222 valence electrons. The van der Waals surface area contributed by atoms with Crippen LogP contribution in [0.2, 0.25) is 0 Å². The Labute approximate surface area is 234 Å². The Balaban J connectivity index is 2.45. The Bertz CT molecular complexity index is 982. The molecule has 2 saturated heterocycles. The summed E-state index contributed by atoms with van der Waals surface area (Å²) in [5, 5.41) is 0. The summed E-state index contributed by atoms with van der Waals surface area (Å²) < 4.78 is 66.3. The van der Waals surface area contributed by atoms with Gasteiger partial charge in [0.15, 0.2) is 0 Å². The predicted molar refractivity (Wildman–Crippen MR) is 159 cm³/mol. The van der Waals surface area contributed by atoms with Crippen molar-refractivity contribution in [2.75, 3.05) is 12.9 Å². The van der Waals surface area contributed by atoms with E-state index in [9.17, 15) is 13.0 Å². The molecule has 38 heavy (non-hydrogen) atoms. The number of rotatable bonds is 7. The summed E-state index contributed by atoms with van der Waals surface area (Å²) in [6.07, 6.45) is -0.461. The van der Waals surface area contributed by atoms with E-state index in [2.05, 4.69) is 74.7 Å². The fraction of sp³-hybridized carbons (Fsp3) is 1.00. The highest BCUT2D eigenvalue weighted by atomic mass is 32.2. The van der Waals surface area contributed by atoms with Crippen LogP contribution in [0.15, 0.2) is 0 Å². The van der Waals surface area contributed by atoms with E-state index in [0.29, 0.717) is 0 Å². The Kier molecular flexibility index (Phi) is 10.00. The quantitative estimate of drug-likeness (QED) is 0.363. The molecule has 2 fully saturated rings. The van der Waals surface area contributed by atoms with Gasteiger partial charge < -0.3 is 9.47 Å². The minimum absolute atomic E-state index is 0.0193. The van der Waals surface area contributed by atoms with E-state index < -0.39 is 30.0 Å². The van der Waals surface area contributed by atoms with Crippen LogP contribution < -0.4 is 4.49 Å². The number of sulfonamides is 1. The Hall–Kier alpha value is 0.110. The number of hydrogen-bond donors (Lipinski definition) is 1. The molecule has 0 saturated carbocycles. The Morgan fingerprint density at radius 2 is 1.21 bits per heavy atom. The maximum Gasteiger partial charge on any atom is 0.419 e. The van der Waals surface area contributed by atoms with Crippen molar-refractivity contribution in [1.82, 2.24) is 4.49 Å². The van der Waals surface area contributed by atoms with Gasteiger partial charge in [-0.2, -0.15) is 0 Å². The first-order valence-electron chi connectivity index (χ1n) is 13.9. The number of hydrogen-bond acceptors (Lipinski definition) is 7. The second-order valence-corrected chi connectivity index (χ2v) is 19.6. The molecule has 0 aromatic carbocycles. The molecular weight excluding hydrogens is 523 g/mol. The molecule has 0 bridgehead atoms. The summed E-state index contributed by atoms with van der Waals surface area (Å²) >= 11 is 0. The summed E-state index contributed by atoms with van der Waals surface area (Å²) in [5.41, 5.74) is -0.721. The topological polar surface area (TPSA) is 100 Å². The van der Waals surface area contributed by atoms with Crippen molar-refractivity contribution >= 4 is 33.5 Å².